The molecule has 0 saturated carbocycles. The summed E-state index contributed by atoms with van der Waals surface area (Å²) in [5, 5.41) is 10.3. The van der Waals surface area contributed by atoms with Crippen LogP contribution in [0.2, 0.25) is 0 Å². The van der Waals surface area contributed by atoms with Crippen LogP contribution < -0.4 is 10.2 Å². The third-order valence-electron chi connectivity index (χ3n) is 6.19. The SMILES string of the molecule is CC1CCN(CC(O)COc2ccc(B3OC(C)(C)C(C)(C)O3)cc2)CC1. The van der Waals surface area contributed by atoms with Gasteiger partial charge in [-0.15, -0.1) is 0 Å². The van der Waals surface area contributed by atoms with Crippen LogP contribution in [0.3, 0.4) is 0 Å². The van der Waals surface area contributed by atoms with Crippen LogP contribution in [0.15, 0.2) is 24.3 Å². The molecule has 1 aromatic rings. The molecule has 150 valence electrons. The number of benzene rings is 1. The molecule has 0 bridgehead atoms. The van der Waals surface area contributed by atoms with E-state index in [2.05, 4.69) is 39.5 Å². The summed E-state index contributed by atoms with van der Waals surface area (Å²) >= 11 is 0. The molecule has 2 heterocycles. The van der Waals surface area contributed by atoms with Crippen LogP contribution >= 0.6 is 0 Å². The normalized spacial score (nSPS) is 24.1. The lowest BCUT2D eigenvalue weighted by molar-refractivity contribution is 0.00578. The van der Waals surface area contributed by atoms with Gasteiger partial charge in [-0.3, -0.25) is 0 Å². The summed E-state index contributed by atoms with van der Waals surface area (Å²) in [5.41, 5.74) is 0.288. The van der Waals surface area contributed by atoms with Crippen LogP contribution in [0.25, 0.3) is 0 Å². The van der Waals surface area contributed by atoms with Crippen molar-refractivity contribution in [2.75, 3.05) is 26.2 Å². The Hall–Kier alpha value is -1.08. The van der Waals surface area contributed by atoms with E-state index in [1.807, 2.05) is 24.3 Å². The Balaban J connectivity index is 1.47. The van der Waals surface area contributed by atoms with E-state index in [1.165, 1.54) is 12.8 Å². The molecule has 0 aromatic heterocycles. The number of aliphatic hydroxyl groups is 1. The topological polar surface area (TPSA) is 51.2 Å². The first-order valence-corrected chi connectivity index (χ1v) is 10.1. The summed E-state index contributed by atoms with van der Waals surface area (Å²) in [4.78, 5) is 2.33. The second-order valence-corrected chi connectivity index (χ2v) is 9.11. The molecule has 0 aliphatic carbocycles. The van der Waals surface area contributed by atoms with Gasteiger partial charge in [0.25, 0.3) is 0 Å². The standard InChI is InChI=1S/C21H34BNO4/c1-16-10-12-23(13-11-16)14-18(24)15-25-19-8-6-17(7-9-19)22-26-20(2,3)21(4,5)27-22/h6-9,16,18,24H,10-15H2,1-5H3. The van der Waals surface area contributed by atoms with Crippen LogP contribution in [0.1, 0.15) is 47.5 Å². The highest BCUT2D eigenvalue weighted by atomic mass is 16.7. The molecule has 0 radical (unpaired) electrons. The molecule has 2 aliphatic heterocycles. The van der Waals surface area contributed by atoms with Crippen molar-refractivity contribution >= 4 is 12.6 Å². The summed E-state index contributed by atoms with van der Waals surface area (Å²) in [7, 11) is -0.365. The van der Waals surface area contributed by atoms with Crippen molar-refractivity contribution in [1.29, 1.82) is 0 Å². The molecule has 5 nitrogen and oxygen atoms in total. The Morgan fingerprint density at radius 3 is 2.22 bits per heavy atom. The Morgan fingerprint density at radius 2 is 1.67 bits per heavy atom. The first kappa shape index (κ1) is 20.7. The largest absolute Gasteiger partial charge is 0.494 e. The minimum atomic E-state index is -0.471. The van der Waals surface area contributed by atoms with Gasteiger partial charge in [0.05, 0.1) is 11.2 Å². The quantitative estimate of drug-likeness (QED) is 0.775. The molecule has 2 saturated heterocycles. The van der Waals surface area contributed by atoms with Crippen molar-refractivity contribution in [3.63, 3.8) is 0 Å². The second-order valence-electron chi connectivity index (χ2n) is 9.11. The number of piperidine rings is 1. The molecule has 1 atom stereocenters. The number of hydrogen-bond donors (Lipinski definition) is 1. The molecule has 2 fully saturated rings. The minimum absolute atomic E-state index is 0.307. The fourth-order valence-electron chi connectivity index (χ4n) is 3.49. The van der Waals surface area contributed by atoms with E-state index >= 15 is 0 Å². The van der Waals surface area contributed by atoms with Crippen molar-refractivity contribution in [2.24, 2.45) is 5.92 Å². The van der Waals surface area contributed by atoms with Crippen molar-refractivity contribution in [3.8, 4) is 5.75 Å². The fraction of sp³-hybridized carbons (Fsp3) is 0.714. The number of nitrogens with zero attached hydrogens (tertiary/aromatic N) is 1. The summed E-state index contributed by atoms with van der Waals surface area (Å²) in [6.45, 7) is 13.6. The first-order chi connectivity index (χ1) is 12.7. The lowest BCUT2D eigenvalue weighted by Gasteiger charge is -2.32. The highest BCUT2D eigenvalue weighted by molar-refractivity contribution is 6.62. The predicted octanol–water partition coefficient (Wildman–Crippen LogP) is 2.46. The summed E-state index contributed by atoms with van der Waals surface area (Å²) < 4.78 is 17.9. The van der Waals surface area contributed by atoms with Gasteiger partial charge >= 0.3 is 7.12 Å². The Kier molecular flexibility index (Phi) is 6.21. The maximum Gasteiger partial charge on any atom is 0.494 e. The monoisotopic (exact) mass is 375 g/mol. The van der Waals surface area contributed by atoms with Gasteiger partial charge in [-0.05, 0) is 77.1 Å². The average molecular weight is 375 g/mol. The van der Waals surface area contributed by atoms with Crippen molar-refractivity contribution < 1.29 is 19.2 Å². The average Bonchev–Trinajstić information content (AvgIpc) is 2.83. The number of aliphatic hydroxyl groups excluding tert-OH is 1. The molecule has 6 heteroatoms. The van der Waals surface area contributed by atoms with Gasteiger partial charge in [0.2, 0.25) is 0 Å². The number of hydrogen-bond acceptors (Lipinski definition) is 5. The van der Waals surface area contributed by atoms with E-state index in [9.17, 15) is 5.11 Å². The number of ether oxygens (including phenoxy) is 1. The van der Waals surface area contributed by atoms with E-state index in [0.717, 1.165) is 30.2 Å². The molecule has 3 rings (SSSR count). The molecule has 1 aromatic carbocycles. The van der Waals surface area contributed by atoms with Gasteiger partial charge in [-0.2, -0.15) is 0 Å². The van der Waals surface area contributed by atoms with Crippen molar-refractivity contribution in [1.82, 2.24) is 4.90 Å². The predicted molar refractivity (Wildman–Crippen MR) is 108 cm³/mol. The van der Waals surface area contributed by atoms with Gasteiger partial charge in [0.15, 0.2) is 0 Å². The third-order valence-corrected chi connectivity index (χ3v) is 6.19. The summed E-state index contributed by atoms with van der Waals surface area (Å²) in [6, 6.07) is 7.76. The lowest BCUT2D eigenvalue weighted by Crippen LogP contribution is -2.41. The molecule has 1 unspecified atom stereocenters. The maximum absolute atomic E-state index is 10.3. The van der Waals surface area contributed by atoms with E-state index in [1.54, 1.807) is 0 Å². The highest BCUT2D eigenvalue weighted by Crippen LogP contribution is 2.36. The molecular weight excluding hydrogens is 341 g/mol. The molecular formula is C21H34BNO4. The van der Waals surface area contributed by atoms with Crippen molar-refractivity contribution in [2.45, 2.75) is 64.8 Å². The zero-order valence-electron chi connectivity index (χ0n) is 17.4. The lowest BCUT2D eigenvalue weighted by atomic mass is 9.79. The van der Waals surface area contributed by atoms with E-state index in [-0.39, 0.29) is 18.3 Å². The maximum atomic E-state index is 10.3. The van der Waals surface area contributed by atoms with Crippen LogP contribution in [0, 0.1) is 5.92 Å². The van der Waals surface area contributed by atoms with Gasteiger partial charge in [-0.25, -0.2) is 0 Å². The number of rotatable bonds is 6. The Morgan fingerprint density at radius 1 is 1.11 bits per heavy atom. The molecule has 0 amide bonds. The van der Waals surface area contributed by atoms with Crippen LogP contribution in [0.5, 0.6) is 5.75 Å². The highest BCUT2D eigenvalue weighted by Gasteiger charge is 2.51. The van der Waals surface area contributed by atoms with Crippen molar-refractivity contribution in [3.05, 3.63) is 24.3 Å². The molecule has 0 spiro atoms. The summed E-state index contributed by atoms with van der Waals surface area (Å²) in [6.07, 6.45) is 1.96. The third kappa shape index (κ3) is 5.05. The Bertz CT molecular complexity index is 595. The molecule has 1 N–H and O–H groups in total. The van der Waals surface area contributed by atoms with E-state index in [0.29, 0.717) is 13.2 Å². The van der Waals surface area contributed by atoms with Gasteiger partial charge in [0.1, 0.15) is 18.5 Å². The fourth-order valence-corrected chi connectivity index (χ4v) is 3.49. The number of β-amino-alcohol motifs (C(OH)–C–C–N with tert-alkyl or cyclic N) is 1. The zero-order chi connectivity index (χ0) is 19.7. The van der Waals surface area contributed by atoms with Crippen LogP contribution in [-0.2, 0) is 9.31 Å². The molecule has 27 heavy (non-hydrogen) atoms. The number of likely N-dealkylation sites (tertiary alicyclic amines) is 1. The van der Waals surface area contributed by atoms with E-state index in [4.69, 9.17) is 14.0 Å². The van der Waals surface area contributed by atoms with Crippen LogP contribution in [-0.4, -0.2) is 60.7 Å². The van der Waals surface area contributed by atoms with E-state index < -0.39 is 6.10 Å². The molecule has 2 aliphatic rings. The van der Waals surface area contributed by atoms with Gasteiger partial charge in [0, 0.05) is 6.54 Å². The van der Waals surface area contributed by atoms with Gasteiger partial charge in [-0.1, -0.05) is 19.1 Å². The summed E-state index contributed by atoms with van der Waals surface area (Å²) in [5.74, 6) is 1.55. The zero-order valence-corrected chi connectivity index (χ0v) is 17.4. The Labute approximate surface area is 164 Å². The second kappa shape index (κ2) is 8.12. The van der Waals surface area contributed by atoms with Gasteiger partial charge < -0.3 is 24.1 Å². The minimum Gasteiger partial charge on any atom is -0.491 e. The van der Waals surface area contributed by atoms with Crippen LogP contribution in [0.4, 0.5) is 0 Å². The first-order valence-electron chi connectivity index (χ1n) is 10.1. The smallest absolute Gasteiger partial charge is 0.491 e.